The smallest absolute Gasteiger partial charge is 0.199 e. The number of aryl methyl sites for hydroxylation is 1. The van der Waals surface area contributed by atoms with Crippen molar-refractivity contribution in [3.05, 3.63) is 35.5 Å². The van der Waals surface area contributed by atoms with Crippen LogP contribution in [0, 0.1) is 0 Å². The average molecular weight is 357 g/mol. The molecule has 0 saturated heterocycles. The zero-order chi connectivity index (χ0) is 17.6. The van der Waals surface area contributed by atoms with E-state index in [1.54, 1.807) is 16.7 Å². The number of nitrogen functional groups attached to an aromatic ring is 1. The first-order valence-corrected chi connectivity index (χ1v) is 7.90. The predicted molar refractivity (Wildman–Crippen MR) is 93.0 cm³/mol. The van der Waals surface area contributed by atoms with E-state index in [1.165, 1.54) is 6.20 Å². The summed E-state index contributed by atoms with van der Waals surface area (Å²) in [5.74, 6) is 0.584. The lowest BCUT2D eigenvalue weighted by atomic mass is 10.1. The Morgan fingerprint density at radius 2 is 2.12 bits per heavy atom. The summed E-state index contributed by atoms with van der Waals surface area (Å²) in [7, 11) is 0. The van der Waals surface area contributed by atoms with Crippen molar-refractivity contribution in [2.24, 2.45) is 0 Å². The van der Waals surface area contributed by atoms with Crippen LogP contribution in [0.2, 0.25) is 5.02 Å². The number of rotatable bonds is 3. The highest BCUT2D eigenvalue weighted by atomic mass is 35.5. The van der Waals surface area contributed by atoms with Crippen molar-refractivity contribution in [2.75, 3.05) is 5.73 Å². The molecule has 0 aliphatic rings. The molecule has 4 aromatic rings. The number of hydrogen-bond acceptors (Lipinski definition) is 7. The van der Waals surface area contributed by atoms with E-state index in [0.717, 1.165) is 5.56 Å². The minimum Gasteiger partial charge on any atom is -0.504 e. The molecule has 0 aliphatic carbocycles. The minimum atomic E-state index is 0.0106. The van der Waals surface area contributed by atoms with Gasteiger partial charge in [-0.25, -0.2) is 14.6 Å². The molecule has 0 aliphatic heterocycles. The Morgan fingerprint density at radius 1 is 1.28 bits per heavy atom. The average Bonchev–Trinajstić information content (AvgIpc) is 3.18. The van der Waals surface area contributed by atoms with Crippen molar-refractivity contribution in [3.8, 4) is 28.5 Å². The van der Waals surface area contributed by atoms with Gasteiger partial charge < -0.3 is 15.4 Å². The summed E-state index contributed by atoms with van der Waals surface area (Å²) in [6, 6.07) is 7.27. The summed E-state index contributed by atoms with van der Waals surface area (Å²) in [4.78, 5) is 8.94. The Bertz CT molecular complexity index is 1090. The van der Waals surface area contributed by atoms with E-state index in [-0.39, 0.29) is 11.6 Å². The van der Waals surface area contributed by atoms with Gasteiger partial charge in [0.15, 0.2) is 23.1 Å². The van der Waals surface area contributed by atoms with Crippen molar-refractivity contribution >= 4 is 28.5 Å². The van der Waals surface area contributed by atoms with Crippen LogP contribution in [-0.4, -0.2) is 30.0 Å². The van der Waals surface area contributed by atoms with Gasteiger partial charge in [-0.05, 0) is 29.4 Å². The van der Waals surface area contributed by atoms with Crippen LogP contribution in [0.5, 0.6) is 5.75 Å². The normalized spacial score (nSPS) is 11.3. The Morgan fingerprint density at radius 3 is 2.80 bits per heavy atom. The third kappa shape index (κ3) is 2.38. The van der Waals surface area contributed by atoms with Crippen molar-refractivity contribution in [1.82, 2.24) is 24.8 Å². The van der Waals surface area contributed by atoms with Gasteiger partial charge in [0.05, 0.1) is 11.9 Å². The monoisotopic (exact) mass is 356 g/mol. The second kappa shape index (κ2) is 5.75. The molecule has 0 atom stereocenters. The third-order valence-corrected chi connectivity index (χ3v) is 4.13. The van der Waals surface area contributed by atoms with Crippen molar-refractivity contribution in [2.45, 2.75) is 13.5 Å². The topological polar surface area (TPSA) is 116 Å². The first-order valence-electron chi connectivity index (χ1n) is 7.52. The number of aromatic nitrogens is 5. The van der Waals surface area contributed by atoms with Gasteiger partial charge in [-0.15, -0.1) is 0 Å². The first-order chi connectivity index (χ1) is 12.1. The predicted octanol–water partition coefficient (Wildman–Crippen LogP) is 3.11. The van der Waals surface area contributed by atoms with Crippen LogP contribution in [0.15, 0.2) is 35.1 Å². The van der Waals surface area contributed by atoms with E-state index >= 15 is 0 Å². The van der Waals surface area contributed by atoms with Gasteiger partial charge in [0.2, 0.25) is 0 Å². The van der Waals surface area contributed by atoms with Crippen LogP contribution in [0.1, 0.15) is 6.92 Å². The van der Waals surface area contributed by atoms with E-state index in [2.05, 4.69) is 24.9 Å². The lowest BCUT2D eigenvalue weighted by Crippen LogP contribution is -2.00. The van der Waals surface area contributed by atoms with Crippen LogP contribution < -0.4 is 5.73 Å². The van der Waals surface area contributed by atoms with Crippen LogP contribution in [0.4, 0.5) is 5.82 Å². The Kier molecular flexibility index (Phi) is 3.54. The van der Waals surface area contributed by atoms with E-state index in [9.17, 15) is 5.11 Å². The van der Waals surface area contributed by atoms with Crippen molar-refractivity contribution < 1.29 is 9.74 Å². The quantitative estimate of drug-likeness (QED) is 0.579. The molecule has 0 unspecified atom stereocenters. The molecule has 4 rings (SSSR count). The number of aromatic hydroxyl groups is 1. The maximum absolute atomic E-state index is 10.3. The Balaban J connectivity index is 2.07. The molecule has 0 radical (unpaired) electrons. The fraction of sp³-hybridized carbons (Fsp3) is 0.125. The van der Waals surface area contributed by atoms with Crippen LogP contribution in [-0.2, 0) is 6.54 Å². The van der Waals surface area contributed by atoms with Crippen LogP contribution >= 0.6 is 11.6 Å². The first kappa shape index (κ1) is 15.4. The number of anilines is 1. The molecule has 0 spiro atoms. The highest BCUT2D eigenvalue weighted by Crippen LogP contribution is 2.36. The molecular weight excluding hydrogens is 344 g/mol. The molecule has 0 amide bonds. The lowest BCUT2D eigenvalue weighted by molar-refractivity contribution is 0.310. The number of pyridine rings is 1. The number of hydrogen-bond donors (Lipinski definition) is 2. The number of nitrogens with zero attached hydrogens (tertiary/aromatic N) is 5. The fourth-order valence-corrected chi connectivity index (χ4v) is 3.00. The molecule has 3 N–H and O–H groups in total. The second-order valence-electron chi connectivity index (χ2n) is 5.38. The van der Waals surface area contributed by atoms with Gasteiger partial charge in [0.25, 0.3) is 0 Å². The zero-order valence-corrected chi connectivity index (χ0v) is 13.9. The molecule has 8 nitrogen and oxygen atoms in total. The highest BCUT2D eigenvalue weighted by molar-refractivity contribution is 6.30. The molecule has 3 heterocycles. The summed E-state index contributed by atoms with van der Waals surface area (Å²) in [5, 5.41) is 18.3. The molecule has 1 aromatic carbocycles. The molecule has 126 valence electrons. The SMILES string of the molecule is CCn1c(-c2nonc2N)nc2c(-c3cccc(Cl)c3)ncc(O)c21. The Hall–Kier alpha value is -3.13. The van der Waals surface area contributed by atoms with Gasteiger partial charge in [-0.3, -0.25) is 0 Å². The van der Waals surface area contributed by atoms with Crippen molar-refractivity contribution in [3.63, 3.8) is 0 Å². The summed E-state index contributed by atoms with van der Waals surface area (Å²) >= 11 is 6.09. The highest BCUT2D eigenvalue weighted by Gasteiger charge is 2.23. The molecular formula is C16H13ClN6O2. The number of halogens is 1. The second-order valence-corrected chi connectivity index (χ2v) is 5.81. The molecule has 25 heavy (non-hydrogen) atoms. The summed E-state index contributed by atoms with van der Waals surface area (Å²) in [5.41, 5.74) is 8.55. The molecule has 3 aromatic heterocycles. The summed E-state index contributed by atoms with van der Waals surface area (Å²) in [6.07, 6.45) is 1.39. The molecule has 0 bridgehead atoms. The van der Waals surface area contributed by atoms with Crippen molar-refractivity contribution in [1.29, 1.82) is 0 Å². The van der Waals surface area contributed by atoms with Gasteiger partial charge >= 0.3 is 0 Å². The van der Waals surface area contributed by atoms with Gasteiger partial charge in [0, 0.05) is 17.1 Å². The van der Waals surface area contributed by atoms with E-state index in [1.807, 2.05) is 19.1 Å². The number of benzene rings is 1. The van der Waals surface area contributed by atoms with E-state index in [4.69, 9.17) is 17.3 Å². The van der Waals surface area contributed by atoms with E-state index < -0.39 is 0 Å². The summed E-state index contributed by atoms with van der Waals surface area (Å²) < 4.78 is 6.47. The van der Waals surface area contributed by atoms with Gasteiger partial charge in [-0.1, -0.05) is 23.7 Å². The van der Waals surface area contributed by atoms with Gasteiger partial charge in [-0.2, -0.15) is 0 Å². The summed E-state index contributed by atoms with van der Waals surface area (Å²) in [6.45, 7) is 2.46. The van der Waals surface area contributed by atoms with Gasteiger partial charge in [0.1, 0.15) is 11.0 Å². The lowest BCUT2D eigenvalue weighted by Gasteiger charge is -2.06. The van der Waals surface area contributed by atoms with E-state index in [0.29, 0.717) is 39.8 Å². The molecule has 9 heteroatoms. The largest absolute Gasteiger partial charge is 0.504 e. The maximum Gasteiger partial charge on any atom is 0.199 e. The third-order valence-electron chi connectivity index (χ3n) is 3.89. The Labute approximate surface area is 146 Å². The number of fused-ring (bicyclic) bond motifs is 1. The maximum atomic E-state index is 10.3. The zero-order valence-electron chi connectivity index (χ0n) is 13.1. The number of imidazole rings is 1. The molecule has 0 saturated carbocycles. The molecule has 0 fully saturated rings. The number of nitrogens with two attached hydrogens (primary N) is 1. The minimum absolute atomic E-state index is 0.0106. The standard InChI is InChI=1S/C16H13ClN6O2/c1-2-23-14-10(24)7-19-11(8-4-3-5-9(17)6-8)12(14)20-16(23)13-15(18)22-25-21-13/h3-7,24H,2H2,1H3,(H2,18,22). The van der Waals surface area contributed by atoms with Crippen LogP contribution in [0.3, 0.4) is 0 Å². The fourth-order valence-electron chi connectivity index (χ4n) is 2.81. The van der Waals surface area contributed by atoms with Crippen LogP contribution in [0.25, 0.3) is 33.8 Å².